The van der Waals surface area contributed by atoms with Gasteiger partial charge in [0.1, 0.15) is 0 Å². The Labute approximate surface area is 93.1 Å². The summed E-state index contributed by atoms with van der Waals surface area (Å²) in [5, 5.41) is 3.95. The van der Waals surface area contributed by atoms with Crippen LogP contribution in [0.15, 0.2) is 0 Å². The van der Waals surface area contributed by atoms with Gasteiger partial charge in [-0.15, -0.1) is 0 Å². The molecule has 1 aliphatic heterocycles. The first-order valence-corrected chi connectivity index (χ1v) is 5.82. The highest BCUT2D eigenvalue weighted by Gasteiger charge is 2.29. The van der Waals surface area contributed by atoms with Crippen molar-refractivity contribution in [1.82, 2.24) is 10.2 Å². The third-order valence-electron chi connectivity index (χ3n) is 3.22. The maximum absolute atomic E-state index is 5.22. The summed E-state index contributed by atoms with van der Waals surface area (Å²) in [6.45, 7) is 9.24. The van der Waals surface area contributed by atoms with E-state index in [0.29, 0.717) is 5.41 Å². The van der Waals surface area contributed by atoms with E-state index in [1.54, 1.807) is 0 Å². The molecule has 0 aliphatic carbocycles. The summed E-state index contributed by atoms with van der Waals surface area (Å²) in [6, 6.07) is 0. The highest BCUT2D eigenvalue weighted by molar-refractivity contribution is 7.80. The number of likely N-dealkylation sites (tertiary alicyclic amines) is 1. The molecule has 3 heteroatoms. The molecule has 0 aromatic heterocycles. The first kappa shape index (κ1) is 11.8. The minimum Gasteiger partial charge on any atom is -0.366 e. The van der Waals surface area contributed by atoms with E-state index in [1.165, 1.54) is 12.8 Å². The Morgan fingerprint density at radius 1 is 1.29 bits per heavy atom. The molecule has 1 rings (SSSR count). The topological polar surface area (TPSA) is 15.3 Å². The van der Waals surface area contributed by atoms with Crippen LogP contribution in [0.5, 0.6) is 0 Å². The van der Waals surface area contributed by atoms with Gasteiger partial charge in [0.2, 0.25) is 0 Å². The molecule has 0 spiro atoms. The highest BCUT2D eigenvalue weighted by atomic mass is 32.1. The molecule has 14 heavy (non-hydrogen) atoms. The minimum atomic E-state index is 0.452. The van der Waals surface area contributed by atoms with Crippen molar-refractivity contribution in [3.8, 4) is 0 Å². The average molecular weight is 214 g/mol. The number of nitrogens with zero attached hydrogens (tertiary/aromatic N) is 1. The monoisotopic (exact) mass is 214 g/mol. The van der Waals surface area contributed by atoms with Gasteiger partial charge < -0.3 is 10.2 Å². The molecular weight excluding hydrogens is 192 g/mol. The fourth-order valence-corrected chi connectivity index (χ4v) is 2.29. The lowest BCUT2D eigenvalue weighted by Crippen LogP contribution is -2.44. The summed E-state index contributed by atoms with van der Waals surface area (Å²) in [4.78, 5) is 2.28. The van der Waals surface area contributed by atoms with Gasteiger partial charge >= 0.3 is 0 Å². The van der Waals surface area contributed by atoms with Crippen LogP contribution in [0, 0.1) is 11.3 Å². The third kappa shape index (κ3) is 2.84. The molecule has 1 saturated heterocycles. The Kier molecular flexibility index (Phi) is 3.76. The molecule has 0 radical (unpaired) electrons. The van der Waals surface area contributed by atoms with Gasteiger partial charge in [0, 0.05) is 20.1 Å². The Bertz CT molecular complexity index is 200. The molecule has 0 bridgehead atoms. The van der Waals surface area contributed by atoms with E-state index >= 15 is 0 Å². The average Bonchev–Trinajstić information content (AvgIpc) is 2.15. The van der Waals surface area contributed by atoms with Crippen molar-refractivity contribution in [2.24, 2.45) is 11.3 Å². The van der Waals surface area contributed by atoms with Gasteiger partial charge in [0.25, 0.3) is 0 Å². The van der Waals surface area contributed by atoms with Gasteiger partial charge in [-0.05, 0) is 36.4 Å². The van der Waals surface area contributed by atoms with Crippen LogP contribution in [0.4, 0.5) is 0 Å². The van der Waals surface area contributed by atoms with Crippen LogP contribution in [0.3, 0.4) is 0 Å². The van der Waals surface area contributed by atoms with Gasteiger partial charge in [-0.1, -0.05) is 20.8 Å². The largest absolute Gasteiger partial charge is 0.366 e. The smallest absolute Gasteiger partial charge is 0.168 e. The molecule has 1 aliphatic rings. The van der Waals surface area contributed by atoms with Gasteiger partial charge in [-0.2, -0.15) is 0 Å². The minimum absolute atomic E-state index is 0.452. The lowest BCUT2D eigenvalue weighted by molar-refractivity contribution is 0.149. The number of nitrogens with one attached hydrogen (secondary N) is 1. The Hall–Kier alpha value is -0.310. The molecule has 2 nitrogen and oxygen atoms in total. The zero-order chi connectivity index (χ0) is 10.8. The van der Waals surface area contributed by atoms with E-state index < -0.39 is 0 Å². The van der Waals surface area contributed by atoms with Gasteiger partial charge in [-0.25, -0.2) is 0 Å². The normalized spacial score (nSPS) is 19.6. The first-order valence-electron chi connectivity index (χ1n) is 5.42. The predicted octanol–water partition coefficient (Wildman–Crippen LogP) is 2.25. The molecule has 1 heterocycles. The fourth-order valence-electron chi connectivity index (χ4n) is 2.11. The van der Waals surface area contributed by atoms with Crippen LogP contribution in [-0.2, 0) is 0 Å². The van der Waals surface area contributed by atoms with Crippen molar-refractivity contribution in [2.45, 2.75) is 33.6 Å². The zero-order valence-corrected chi connectivity index (χ0v) is 10.6. The SMILES string of the molecule is CNC(=S)N1CCC(C(C)(C)C)CC1. The van der Waals surface area contributed by atoms with E-state index in [1.807, 2.05) is 7.05 Å². The standard InChI is InChI=1S/C11H22N2S/c1-11(2,3)9-5-7-13(8-6-9)10(14)12-4/h9H,5-8H2,1-4H3,(H,12,14). The first-order chi connectivity index (χ1) is 6.45. The van der Waals surface area contributed by atoms with Crippen molar-refractivity contribution < 1.29 is 0 Å². The maximum Gasteiger partial charge on any atom is 0.168 e. The van der Waals surface area contributed by atoms with Crippen molar-refractivity contribution in [1.29, 1.82) is 0 Å². The molecule has 1 fully saturated rings. The molecule has 82 valence electrons. The van der Waals surface area contributed by atoms with E-state index in [0.717, 1.165) is 24.1 Å². The third-order valence-corrected chi connectivity index (χ3v) is 3.68. The Balaban J connectivity index is 2.43. The molecule has 0 atom stereocenters. The van der Waals surface area contributed by atoms with Crippen LogP contribution < -0.4 is 5.32 Å². The van der Waals surface area contributed by atoms with E-state index in [-0.39, 0.29) is 0 Å². The number of hydrogen-bond acceptors (Lipinski definition) is 1. The molecule has 1 N–H and O–H groups in total. The summed E-state index contributed by atoms with van der Waals surface area (Å²) in [6.07, 6.45) is 2.54. The zero-order valence-electron chi connectivity index (χ0n) is 9.76. The van der Waals surface area contributed by atoms with E-state index in [2.05, 4.69) is 31.0 Å². The summed E-state index contributed by atoms with van der Waals surface area (Å²) in [5.41, 5.74) is 0.452. The number of hydrogen-bond donors (Lipinski definition) is 1. The van der Waals surface area contributed by atoms with Crippen molar-refractivity contribution in [3.05, 3.63) is 0 Å². The summed E-state index contributed by atoms with van der Waals surface area (Å²) >= 11 is 5.22. The highest BCUT2D eigenvalue weighted by Crippen LogP contribution is 2.34. The van der Waals surface area contributed by atoms with Crippen molar-refractivity contribution in [2.75, 3.05) is 20.1 Å². The molecular formula is C11H22N2S. The second-order valence-electron chi connectivity index (χ2n) is 5.18. The molecule has 0 aromatic rings. The number of thiocarbonyl (C=S) groups is 1. The van der Waals surface area contributed by atoms with Crippen molar-refractivity contribution >= 4 is 17.3 Å². The second-order valence-corrected chi connectivity index (χ2v) is 5.57. The number of rotatable bonds is 0. The van der Waals surface area contributed by atoms with Gasteiger partial charge in [-0.3, -0.25) is 0 Å². The molecule has 0 amide bonds. The second kappa shape index (κ2) is 4.47. The van der Waals surface area contributed by atoms with Crippen LogP contribution >= 0.6 is 12.2 Å². The van der Waals surface area contributed by atoms with Crippen LogP contribution in [-0.4, -0.2) is 30.1 Å². The van der Waals surface area contributed by atoms with E-state index in [4.69, 9.17) is 12.2 Å². The lowest BCUT2D eigenvalue weighted by Gasteiger charge is -2.39. The summed E-state index contributed by atoms with van der Waals surface area (Å²) in [7, 11) is 1.90. The van der Waals surface area contributed by atoms with Gasteiger partial charge in [0.05, 0.1) is 0 Å². The fraction of sp³-hybridized carbons (Fsp3) is 0.909. The molecule has 0 aromatic carbocycles. The lowest BCUT2D eigenvalue weighted by atomic mass is 9.75. The van der Waals surface area contributed by atoms with Gasteiger partial charge in [0.15, 0.2) is 5.11 Å². The number of piperidine rings is 1. The Morgan fingerprint density at radius 2 is 1.79 bits per heavy atom. The van der Waals surface area contributed by atoms with E-state index in [9.17, 15) is 0 Å². The Morgan fingerprint density at radius 3 is 2.14 bits per heavy atom. The van der Waals surface area contributed by atoms with Crippen LogP contribution in [0.1, 0.15) is 33.6 Å². The van der Waals surface area contributed by atoms with Crippen LogP contribution in [0.2, 0.25) is 0 Å². The predicted molar refractivity (Wildman–Crippen MR) is 65.4 cm³/mol. The maximum atomic E-state index is 5.22. The summed E-state index contributed by atoms with van der Waals surface area (Å²) < 4.78 is 0. The molecule has 0 unspecified atom stereocenters. The quantitative estimate of drug-likeness (QED) is 0.623. The summed E-state index contributed by atoms with van der Waals surface area (Å²) in [5.74, 6) is 0.846. The van der Waals surface area contributed by atoms with Crippen molar-refractivity contribution in [3.63, 3.8) is 0 Å². The molecule has 0 saturated carbocycles. The van der Waals surface area contributed by atoms with Crippen LogP contribution in [0.25, 0.3) is 0 Å².